The maximum absolute atomic E-state index is 12.3. The molecule has 0 aromatic heterocycles. The van der Waals surface area contributed by atoms with Crippen LogP contribution in [-0.2, 0) is 16.1 Å². The van der Waals surface area contributed by atoms with Gasteiger partial charge < -0.3 is 19.5 Å². The number of hydrogen-bond acceptors (Lipinski definition) is 5. The molecule has 1 aromatic rings. The maximum atomic E-state index is 12.3. The molecule has 6 heteroatoms. The van der Waals surface area contributed by atoms with Crippen LogP contribution in [0.1, 0.15) is 38.7 Å². The van der Waals surface area contributed by atoms with Crippen LogP contribution in [0.4, 0.5) is 0 Å². The highest BCUT2D eigenvalue weighted by molar-refractivity contribution is 5.78. The second-order valence-electron chi connectivity index (χ2n) is 7.29. The van der Waals surface area contributed by atoms with Crippen LogP contribution in [0.5, 0.6) is 11.5 Å². The summed E-state index contributed by atoms with van der Waals surface area (Å²) in [7, 11) is 3.34. The van der Waals surface area contributed by atoms with Gasteiger partial charge in [-0.25, -0.2) is 0 Å². The Morgan fingerprint density at radius 2 is 1.96 bits per heavy atom. The number of likely N-dealkylation sites (tertiary alicyclic amines) is 1. The summed E-state index contributed by atoms with van der Waals surface area (Å²) in [5.74, 6) is 1.94. The van der Waals surface area contributed by atoms with Gasteiger partial charge in [-0.1, -0.05) is 6.07 Å². The SMILES string of the molecule is COc1ccc(CN2CCC(C(=O)NCCCOC(C)C)CC2)c(OC)c1. The molecule has 0 bridgehead atoms. The van der Waals surface area contributed by atoms with Crippen LogP contribution < -0.4 is 14.8 Å². The van der Waals surface area contributed by atoms with Gasteiger partial charge in [0.15, 0.2) is 0 Å². The summed E-state index contributed by atoms with van der Waals surface area (Å²) >= 11 is 0. The minimum atomic E-state index is 0.116. The summed E-state index contributed by atoms with van der Waals surface area (Å²) < 4.78 is 16.2. The van der Waals surface area contributed by atoms with Gasteiger partial charge in [-0.3, -0.25) is 9.69 Å². The van der Waals surface area contributed by atoms with Crippen LogP contribution in [-0.4, -0.2) is 57.4 Å². The van der Waals surface area contributed by atoms with Crippen LogP contribution in [0.15, 0.2) is 18.2 Å². The number of hydrogen-bond donors (Lipinski definition) is 1. The molecule has 6 nitrogen and oxygen atoms in total. The molecule has 1 heterocycles. The molecular weight excluding hydrogens is 344 g/mol. The molecule has 1 aliphatic rings. The van der Waals surface area contributed by atoms with Crippen LogP contribution in [0.2, 0.25) is 0 Å². The largest absolute Gasteiger partial charge is 0.497 e. The molecule has 2 rings (SSSR count). The Hall–Kier alpha value is -1.79. The van der Waals surface area contributed by atoms with E-state index in [1.54, 1.807) is 14.2 Å². The number of piperidine rings is 1. The first-order valence-corrected chi connectivity index (χ1v) is 9.86. The highest BCUT2D eigenvalue weighted by Gasteiger charge is 2.25. The first-order valence-electron chi connectivity index (χ1n) is 9.86. The molecule has 1 aromatic carbocycles. The van der Waals surface area contributed by atoms with Crippen molar-refractivity contribution in [3.63, 3.8) is 0 Å². The first kappa shape index (κ1) is 21.5. The second-order valence-corrected chi connectivity index (χ2v) is 7.29. The third-order valence-electron chi connectivity index (χ3n) is 4.92. The van der Waals surface area contributed by atoms with E-state index in [1.165, 1.54) is 0 Å². The van der Waals surface area contributed by atoms with Crippen molar-refractivity contribution in [1.29, 1.82) is 0 Å². The third kappa shape index (κ3) is 7.03. The van der Waals surface area contributed by atoms with Gasteiger partial charge in [0, 0.05) is 37.2 Å². The molecule has 1 saturated heterocycles. The number of rotatable bonds is 10. The monoisotopic (exact) mass is 378 g/mol. The van der Waals surface area contributed by atoms with E-state index < -0.39 is 0 Å². The molecule has 27 heavy (non-hydrogen) atoms. The van der Waals surface area contributed by atoms with Crippen molar-refractivity contribution in [1.82, 2.24) is 10.2 Å². The minimum Gasteiger partial charge on any atom is -0.497 e. The van der Waals surface area contributed by atoms with Crippen molar-refractivity contribution >= 4 is 5.91 Å². The lowest BCUT2D eigenvalue weighted by atomic mass is 9.95. The molecule has 0 atom stereocenters. The van der Waals surface area contributed by atoms with Gasteiger partial charge >= 0.3 is 0 Å². The number of nitrogens with zero attached hydrogens (tertiary/aromatic N) is 1. The fourth-order valence-corrected chi connectivity index (χ4v) is 3.32. The fraction of sp³-hybridized carbons (Fsp3) is 0.667. The van der Waals surface area contributed by atoms with Gasteiger partial charge in [-0.05, 0) is 52.3 Å². The average Bonchev–Trinajstić information content (AvgIpc) is 2.68. The lowest BCUT2D eigenvalue weighted by molar-refractivity contribution is -0.126. The van der Waals surface area contributed by atoms with E-state index in [-0.39, 0.29) is 17.9 Å². The maximum Gasteiger partial charge on any atom is 0.223 e. The number of benzene rings is 1. The summed E-state index contributed by atoms with van der Waals surface area (Å²) in [6.45, 7) is 8.10. The average molecular weight is 379 g/mol. The number of methoxy groups -OCH3 is 2. The number of nitrogens with one attached hydrogen (secondary N) is 1. The summed E-state index contributed by atoms with van der Waals surface area (Å²) in [4.78, 5) is 14.7. The van der Waals surface area contributed by atoms with Crippen LogP contribution in [0, 0.1) is 5.92 Å². The van der Waals surface area contributed by atoms with Gasteiger partial charge in [0.2, 0.25) is 5.91 Å². The zero-order valence-electron chi connectivity index (χ0n) is 17.1. The topological polar surface area (TPSA) is 60.0 Å². The summed E-state index contributed by atoms with van der Waals surface area (Å²) in [5, 5.41) is 3.05. The van der Waals surface area contributed by atoms with Gasteiger partial charge in [-0.15, -0.1) is 0 Å². The Labute approximate surface area is 163 Å². The zero-order chi connectivity index (χ0) is 19.6. The van der Waals surface area contributed by atoms with E-state index >= 15 is 0 Å². The second kappa shape index (κ2) is 11.1. The Morgan fingerprint density at radius 3 is 2.59 bits per heavy atom. The Balaban J connectivity index is 1.73. The molecule has 1 N–H and O–H groups in total. The predicted molar refractivity (Wildman–Crippen MR) is 106 cm³/mol. The molecule has 0 saturated carbocycles. The number of carbonyl (C=O) groups excluding carboxylic acids is 1. The van der Waals surface area contributed by atoms with E-state index in [4.69, 9.17) is 14.2 Å². The van der Waals surface area contributed by atoms with Crippen molar-refractivity contribution in [2.75, 3.05) is 40.5 Å². The molecule has 152 valence electrons. The van der Waals surface area contributed by atoms with Crippen LogP contribution in [0.25, 0.3) is 0 Å². The first-order chi connectivity index (χ1) is 13.0. The minimum absolute atomic E-state index is 0.116. The molecule has 0 unspecified atom stereocenters. The van der Waals surface area contributed by atoms with Crippen molar-refractivity contribution in [2.45, 2.75) is 45.8 Å². The predicted octanol–water partition coefficient (Wildman–Crippen LogP) is 2.85. The van der Waals surface area contributed by atoms with Crippen molar-refractivity contribution in [3.8, 4) is 11.5 Å². The molecule has 1 aliphatic heterocycles. The van der Waals surface area contributed by atoms with Gasteiger partial charge in [-0.2, -0.15) is 0 Å². The van der Waals surface area contributed by atoms with Crippen LogP contribution in [0.3, 0.4) is 0 Å². The molecule has 0 spiro atoms. The number of ether oxygens (including phenoxy) is 3. The quantitative estimate of drug-likeness (QED) is 0.635. The van der Waals surface area contributed by atoms with E-state index in [1.807, 2.05) is 26.0 Å². The molecule has 0 aliphatic carbocycles. The summed E-state index contributed by atoms with van der Waals surface area (Å²) in [6, 6.07) is 5.93. The van der Waals surface area contributed by atoms with Gasteiger partial charge in [0.25, 0.3) is 0 Å². The normalized spacial score (nSPS) is 15.7. The summed E-state index contributed by atoms with van der Waals surface area (Å²) in [6.07, 6.45) is 2.90. The zero-order valence-corrected chi connectivity index (χ0v) is 17.1. The van der Waals surface area contributed by atoms with Gasteiger partial charge in [0.05, 0.1) is 20.3 Å². The number of carbonyl (C=O) groups is 1. The molecular formula is C21H34N2O4. The lowest BCUT2D eigenvalue weighted by Gasteiger charge is -2.31. The van der Waals surface area contributed by atoms with E-state index in [0.717, 1.165) is 56.0 Å². The smallest absolute Gasteiger partial charge is 0.223 e. The van der Waals surface area contributed by atoms with Crippen LogP contribution >= 0.6 is 0 Å². The lowest BCUT2D eigenvalue weighted by Crippen LogP contribution is -2.40. The highest BCUT2D eigenvalue weighted by atomic mass is 16.5. The Bertz CT molecular complexity index is 584. The highest BCUT2D eigenvalue weighted by Crippen LogP contribution is 2.27. The van der Waals surface area contributed by atoms with Gasteiger partial charge in [0.1, 0.15) is 11.5 Å². The Kier molecular flexibility index (Phi) is 8.88. The molecule has 1 amide bonds. The van der Waals surface area contributed by atoms with E-state index in [9.17, 15) is 4.79 Å². The summed E-state index contributed by atoms with van der Waals surface area (Å²) in [5.41, 5.74) is 1.14. The van der Waals surface area contributed by atoms with Crippen molar-refractivity contribution < 1.29 is 19.0 Å². The van der Waals surface area contributed by atoms with Crippen molar-refractivity contribution in [2.24, 2.45) is 5.92 Å². The molecule has 0 radical (unpaired) electrons. The third-order valence-corrected chi connectivity index (χ3v) is 4.92. The fourth-order valence-electron chi connectivity index (χ4n) is 3.32. The van der Waals surface area contributed by atoms with E-state index in [0.29, 0.717) is 13.2 Å². The Morgan fingerprint density at radius 1 is 1.22 bits per heavy atom. The number of amides is 1. The van der Waals surface area contributed by atoms with Crippen molar-refractivity contribution in [3.05, 3.63) is 23.8 Å². The molecule has 1 fully saturated rings. The van der Waals surface area contributed by atoms with E-state index in [2.05, 4.69) is 16.3 Å². The standard InChI is InChI=1S/C21H34N2O4/c1-16(2)27-13-5-10-22-21(24)17-8-11-23(12-9-17)15-18-6-7-19(25-3)14-20(18)26-4/h6-7,14,16-17H,5,8-13,15H2,1-4H3,(H,22,24).